The maximum Gasteiger partial charge on any atom is 0.182 e. The molecule has 14 heavy (non-hydrogen) atoms. The fourth-order valence-electron chi connectivity index (χ4n) is 1.06. The number of rotatable bonds is 7. The van der Waals surface area contributed by atoms with Gasteiger partial charge in [0.25, 0.3) is 0 Å². The molecule has 1 aromatic rings. The van der Waals surface area contributed by atoms with Crippen LogP contribution in [0.25, 0.3) is 0 Å². The van der Waals surface area contributed by atoms with E-state index in [1.165, 1.54) is 0 Å². The van der Waals surface area contributed by atoms with E-state index in [2.05, 4.69) is 10.3 Å². The Kier molecular flexibility index (Phi) is 5.51. The Hall–Kier alpha value is -0.650. The molecule has 0 unspecified atom stereocenters. The molecule has 4 nitrogen and oxygen atoms in total. The molecule has 3 N–H and O–H groups in total. The van der Waals surface area contributed by atoms with E-state index in [1.54, 1.807) is 18.4 Å². The predicted octanol–water partition coefficient (Wildman–Crippen LogP) is 1.09. The van der Waals surface area contributed by atoms with Gasteiger partial charge in [0.1, 0.15) is 0 Å². The Labute approximate surface area is 88.5 Å². The summed E-state index contributed by atoms with van der Waals surface area (Å²) in [5.74, 6) is 0. The zero-order chi connectivity index (χ0) is 10.2. The van der Waals surface area contributed by atoms with Gasteiger partial charge in [0.15, 0.2) is 5.13 Å². The summed E-state index contributed by atoms with van der Waals surface area (Å²) < 4.78 is 4.95. The SMILES string of the molecule is COCCCNc1nc(CCN)cs1. The quantitative estimate of drug-likeness (QED) is 0.668. The lowest BCUT2D eigenvalue weighted by atomic mass is 10.3. The minimum atomic E-state index is 0.660. The van der Waals surface area contributed by atoms with Crippen molar-refractivity contribution in [1.82, 2.24) is 4.98 Å². The van der Waals surface area contributed by atoms with Gasteiger partial charge in [-0.15, -0.1) is 11.3 Å². The van der Waals surface area contributed by atoms with Gasteiger partial charge in [-0.2, -0.15) is 0 Å². The van der Waals surface area contributed by atoms with E-state index >= 15 is 0 Å². The summed E-state index contributed by atoms with van der Waals surface area (Å²) in [4.78, 5) is 4.38. The minimum Gasteiger partial charge on any atom is -0.385 e. The lowest BCUT2D eigenvalue weighted by Gasteiger charge is -2.00. The first kappa shape index (κ1) is 11.4. The number of ether oxygens (including phenoxy) is 1. The van der Waals surface area contributed by atoms with Crippen LogP contribution in [-0.4, -0.2) is 31.8 Å². The van der Waals surface area contributed by atoms with E-state index in [0.29, 0.717) is 6.54 Å². The fraction of sp³-hybridized carbons (Fsp3) is 0.667. The van der Waals surface area contributed by atoms with Gasteiger partial charge in [0, 0.05) is 32.1 Å². The number of nitrogens with zero attached hydrogens (tertiary/aromatic N) is 1. The van der Waals surface area contributed by atoms with Crippen molar-refractivity contribution in [1.29, 1.82) is 0 Å². The number of thiazole rings is 1. The van der Waals surface area contributed by atoms with E-state index in [9.17, 15) is 0 Å². The average molecular weight is 215 g/mol. The Morgan fingerprint density at radius 2 is 2.50 bits per heavy atom. The van der Waals surface area contributed by atoms with Crippen LogP contribution in [0.4, 0.5) is 5.13 Å². The van der Waals surface area contributed by atoms with Crippen molar-refractivity contribution >= 4 is 16.5 Å². The molecule has 1 rings (SSSR count). The zero-order valence-corrected chi connectivity index (χ0v) is 9.27. The molecule has 0 aromatic carbocycles. The Bertz CT molecular complexity index is 252. The molecular weight excluding hydrogens is 198 g/mol. The Morgan fingerprint density at radius 3 is 3.21 bits per heavy atom. The fourth-order valence-corrected chi connectivity index (χ4v) is 1.84. The monoisotopic (exact) mass is 215 g/mol. The van der Waals surface area contributed by atoms with Gasteiger partial charge in [-0.3, -0.25) is 0 Å². The highest BCUT2D eigenvalue weighted by Gasteiger charge is 1.99. The van der Waals surface area contributed by atoms with Crippen molar-refractivity contribution in [3.63, 3.8) is 0 Å². The summed E-state index contributed by atoms with van der Waals surface area (Å²) >= 11 is 1.63. The van der Waals surface area contributed by atoms with Gasteiger partial charge < -0.3 is 15.8 Å². The molecule has 0 saturated heterocycles. The summed E-state index contributed by atoms with van der Waals surface area (Å²) in [5, 5.41) is 6.27. The van der Waals surface area contributed by atoms with Gasteiger partial charge in [-0.05, 0) is 13.0 Å². The zero-order valence-electron chi connectivity index (χ0n) is 8.45. The number of nitrogens with one attached hydrogen (secondary N) is 1. The van der Waals surface area contributed by atoms with E-state index in [4.69, 9.17) is 10.5 Å². The van der Waals surface area contributed by atoms with Crippen LogP contribution in [0.1, 0.15) is 12.1 Å². The summed E-state index contributed by atoms with van der Waals surface area (Å²) in [5.41, 5.74) is 6.51. The first-order valence-electron chi connectivity index (χ1n) is 4.74. The third kappa shape index (κ3) is 4.04. The highest BCUT2D eigenvalue weighted by Crippen LogP contribution is 2.15. The second-order valence-electron chi connectivity index (χ2n) is 2.96. The highest BCUT2D eigenvalue weighted by atomic mass is 32.1. The van der Waals surface area contributed by atoms with Crippen LogP contribution >= 0.6 is 11.3 Å². The normalized spacial score (nSPS) is 10.4. The number of anilines is 1. The first-order valence-corrected chi connectivity index (χ1v) is 5.62. The Balaban J connectivity index is 2.22. The van der Waals surface area contributed by atoms with Gasteiger partial charge >= 0.3 is 0 Å². The molecule has 5 heteroatoms. The van der Waals surface area contributed by atoms with Gasteiger partial charge in [0.05, 0.1) is 5.69 Å². The largest absolute Gasteiger partial charge is 0.385 e. The van der Waals surface area contributed by atoms with Crippen molar-refractivity contribution in [2.75, 3.05) is 32.1 Å². The standard InChI is InChI=1S/C9H17N3OS/c1-13-6-2-5-11-9-12-8(3-4-10)7-14-9/h7H,2-6,10H2,1H3,(H,11,12). The van der Waals surface area contributed by atoms with Crippen LogP contribution in [-0.2, 0) is 11.2 Å². The van der Waals surface area contributed by atoms with Crippen molar-refractivity contribution in [3.8, 4) is 0 Å². The van der Waals surface area contributed by atoms with Crippen molar-refractivity contribution < 1.29 is 4.74 Å². The smallest absolute Gasteiger partial charge is 0.182 e. The van der Waals surface area contributed by atoms with Crippen LogP contribution in [0.2, 0.25) is 0 Å². The molecule has 0 amide bonds. The number of hydrogen-bond donors (Lipinski definition) is 2. The Morgan fingerprint density at radius 1 is 1.64 bits per heavy atom. The lowest BCUT2D eigenvalue weighted by Crippen LogP contribution is -2.05. The summed E-state index contributed by atoms with van der Waals surface area (Å²) in [6, 6.07) is 0. The first-order chi connectivity index (χ1) is 6.86. The molecule has 1 aromatic heterocycles. The van der Waals surface area contributed by atoms with Crippen LogP contribution in [0, 0.1) is 0 Å². The molecular formula is C9H17N3OS. The van der Waals surface area contributed by atoms with E-state index in [0.717, 1.165) is 36.8 Å². The van der Waals surface area contributed by atoms with E-state index < -0.39 is 0 Å². The minimum absolute atomic E-state index is 0.660. The number of aromatic nitrogens is 1. The molecule has 0 spiro atoms. The number of methoxy groups -OCH3 is 1. The van der Waals surface area contributed by atoms with Gasteiger partial charge in [-0.1, -0.05) is 0 Å². The molecule has 0 radical (unpaired) electrons. The third-order valence-corrected chi connectivity index (χ3v) is 2.60. The highest BCUT2D eigenvalue weighted by molar-refractivity contribution is 7.13. The second-order valence-corrected chi connectivity index (χ2v) is 3.81. The van der Waals surface area contributed by atoms with E-state index in [-0.39, 0.29) is 0 Å². The molecule has 1 heterocycles. The third-order valence-electron chi connectivity index (χ3n) is 1.75. The molecule has 80 valence electrons. The van der Waals surface area contributed by atoms with Gasteiger partial charge in [0.2, 0.25) is 0 Å². The van der Waals surface area contributed by atoms with Gasteiger partial charge in [-0.25, -0.2) is 4.98 Å². The topological polar surface area (TPSA) is 60.2 Å². The molecule has 0 fully saturated rings. The average Bonchev–Trinajstić information content (AvgIpc) is 2.61. The maximum atomic E-state index is 5.44. The maximum absolute atomic E-state index is 5.44. The van der Waals surface area contributed by atoms with Crippen LogP contribution in [0.3, 0.4) is 0 Å². The van der Waals surface area contributed by atoms with Crippen molar-refractivity contribution in [2.24, 2.45) is 5.73 Å². The molecule has 0 atom stereocenters. The molecule has 0 bridgehead atoms. The van der Waals surface area contributed by atoms with Crippen LogP contribution in [0.5, 0.6) is 0 Å². The van der Waals surface area contributed by atoms with Crippen LogP contribution < -0.4 is 11.1 Å². The number of nitrogens with two attached hydrogens (primary N) is 1. The van der Waals surface area contributed by atoms with Crippen molar-refractivity contribution in [3.05, 3.63) is 11.1 Å². The summed E-state index contributed by atoms with van der Waals surface area (Å²) in [7, 11) is 1.71. The van der Waals surface area contributed by atoms with Crippen LogP contribution in [0.15, 0.2) is 5.38 Å². The summed E-state index contributed by atoms with van der Waals surface area (Å²) in [6.45, 7) is 2.35. The molecule has 0 saturated carbocycles. The molecule has 0 aliphatic rings. The molecule has 0 aliphatic heterocycles. The lowest BCUT2D eigenvalue weighted by molar-refractivity contribution is 0.198. The second kappa shape index (κ2) is 6.75. The molecule has 0 aliphatic carbocycles. The number of hydrogen-bond acceptors (Lipinski definition) is 5. The summed E-state index contributed by atoms with van der Waals surface area (Å²) in [6.07, 6.45) is 1.86. The van der Waals surface area contributed by atoms with E-state index in [1.807, 2.05) is 5.38 Å². The predicted molar refractivity (Wildman–Crippen MR) is 59.9 cm³/mol. The van der Waals surface area contributed by atoms with Crippen molar-refractivity contribution in [2.45, 2.75) is 12.8 Å².